The molecule has 4 nitrogen and oxygen atoms in total. The number of piperidine rings is 1. The summed E-state index contributed by atoms with van der Waals surface area (Å²) in [4.78, 5) is 14.2. The number of nitrogens with zero attached hydrogens (tertiary/aromatic N) is 1. The van der Waals surface area contributed by atoms with Gasteiger partial charge in [0.1, 0.15) is 5.75 Å². The Bertz CT molecular complexity index is 421. The van der Waals surface area contributed by atoms with Crippen LogP contribution in [0.5, 0.6) is 5.75 Å². The van der Waals surface area contributed by atoms with Crippen LogP contribution in [0.4, 0.5) is 0 Å². The highest BCUT2D eigenvalue weighted by Gasteiger charge is 2.23. The lowest BCUT2D eigenvalue weighted by molar-refractivity contribution is -0.134. The molecule has 0 N–H and O–H groups in total. The molecule has 1 amide bonds. The van der Waals surface area contributed by atoms with Crippen molar-refractivity contribution in [1.29, 1.82) is 0 Å². The highest BCUT2D eigenvalue weighted by atomic mass is 16.5. The van der Waals surface area contributed by atoms with E-state index in [1.807, 2.05) is 42.2 Å². The number of amides is 1. The Hall–Kier alpha value is -1.55. The third-order valence-electron chi connectivity index (χ3n) is 3.76. The van der Waals surface area contributed by atoms with Gasteiger partial charge in [0.25, 0.3) is 0 Å². The lowest BCUT2D eigenvalue weighted by Crippen LogP contribution is -2.41. The Balaban J connectivity index is 1.70. The van der Waals surface area contributed by atoms with Gasteiger partial charge in [0.05, 0.1) is 19.6 Å². The Kier molecular flexibility index (Phi) is 6.54. The maximum absolute atomic E-state index is 12.2. The summed E-state index contributed by atoms with van der Waals surface area (Å²) in [5.41, 5.74) is 0. The Morgan fingerprint density at radius 1 is 1.33 bits per heavy atom. The summed E-state index contributed by atoms with van der Waals surface area (Å²) in [7, 11) is 0. The van der Waals surface area contributed by atoms with Crippen molar-refractivity contribution in [3.8, 4) is 5.75 Å². The predicted molar refractivity (Wildman–Crippen MR) is 82.4 cm³/mol. The third kappa shape index (κ3) is 5.38. The summed E-state index contributed by atoms with van der Waals surface area (Å²) in [5.74, 6) is 1.49. The fourth-order valence-corrected chi connectivity index (χ4v) is 2.64. The molecule has 116 valence electrons. The molecule has 1 fully saturated rings. The molecular formula is C17H25NO3. The number of hydrogen-bond acceptors (Lipinski definition) is 3. The predicted octanol–water partition coefficient (Wildman–Crippen LogP) is 2.73. The second-order valence-electron chi connectivity index (χ2n) is 5.42. The van der Waals surface area contributed by atoms with Gasteiger partial charge >= 0.3 is 0 Å². The summed E-state index contributed by atoms with van der Waals surface area (Å²) in [5, 5.41) is 0. The van der Waals surface area contributed by atoms with Crippen molar-refractivity contribution in [2.45, 2.75) is 26.2 Å². The first-order valence-corrected chi connectivity index (χ1v) is 7.83. The van der Waals surface area contributed by atoms with Crippen LogP contribution in [0.15, 0.2) is 30.3 Å². The molecule has 4 heteroatoms. The lowest BCUT2D eigenvalue weighted by atomic mass is 9.99. The first-order valence-electron chi connectivity index (χ1n) is 7.83. The van der Waals surface area contributed by atoms with E-state index in [4.69, 9.17) is 9.47 Å². The van der Waals surface area contributed by atoms with Gasteiger partial charge in [-0.2, -0.15) is 0 Å². The molecule has 1 saturated heterocycles. The molecule has 2 rings (SSSR count). The number of ether oxygens (including phenoxy) is 2. The van der Waals surface area contributed by atoms with Crippen molar-refractivity contribution in [1.82, 2.24) is 4.90 Å². The molecule has 1 aliphatic heterocycles. The number of rotatable bonds is 7. The number of carbonyl (C=O) groups is 1. The minimum atomic E-state index is 0.187. The zero-order valence-electron chi connectivity index (χ0n) is 12.8. The van der Waals surface area contributed by atoms with Crippen LogP contribution in [0.3, 0.4) is 0 Å². The second-order valence-corrected chi connectivity index (χ2v) is 5.42. The molecule has 1 heterocycles. The number of carbonyl (C=O) groups excluding carboxylic acids is 1. The first-order chi connectivity index (χ1) is 10.3. The van der Waals surface area contributed by atoms with E-state index >= 15 is 0 Å². The van der Waals surface area contributed by atoms with Crippen LogP contribution in [0.2, 0.25) is 0 Å². The summed E-state index contributed by atoms with van der Waals surface area (Å²) in [6.45, 7) is 5.65. The van der Waals surface area contributed by atoms with Gasteiger partial charge in [-0.05, 0) is 37.8 Å². The van der Waals surface area contributed by atoms with Crippen LogP contribution in [0.1, 0.15) is 26.2 Å². The van der Waals surface area contributed by atoms with Gasteiger partial charge in [-0.1, -0.05) is 18.2 Å². The van der Waals surface area contributed by atoms with Crippen LogP contribution in [0, 0.1) is 5.92 Å². The number of benzene rings is 1. The summed E-state index contributed by atoms with van der Waals surface area (Å²) in [6, 6.07) is 9.62. The summed E-state index contributed by atoms with van der Waals surface area (Å²) >= 11 is 0. The fraction of sp³-hybridized carbons (Fsp3) is 0.588. The monoisotopic (exact) mass is 291 g/mol. The Morgan fingerprint density at radius 3 is 2.90 bits per heavy atom. The van der Waals surface area contributed by atoms with Crippen molar-refractivity contribution < 1.29 is 14.3 Å². The number of hydrogen-bond donors (Lipinski definition) is 0. The smallest absolute Gasteiger partial charge is 0.226 e. The van der Waals surface area contributed by atoms with E-state index in [9.17, 15) is 4.79 Å². The van der Waals surface area contributed by atoms with Crippen LogP contribution in [-0.4, -0.2) is 43.7 Å². The quantitative estimate of drug-likeness (QED) is 0.775. The van der Waals surface area contributed by atoms with Crippen molar-refractivity contribution in [2.24, 2.45) is 5.92 Å². The summed E-state index contributed by atoms with van der Waals surface area (Å²) < 4.78 is 11.1. The molecule has 0 saturated carbocycles. The van der Waals surface area contributed by atoms with E-state index in [0.717, 1.165) is 44.9 Å². The van der Waals surface area contributed by atoms with Crippen molar-refractivity contribution >= 4 is 5.91 Å². The van der Waals surface area contributed by atoms with E-state index in [0.29, 0.717) is 18.9 Å². The average Bonchev–Trinajstić information content (AvgIpc) is 2.54. The largest absolute Gasteiger partial charge is 0.493 e. The van der Waals surface area contributed by atoms with E-state index in [1.54, 1.807) is 0 Å². The molecule has 0 aliphatic carbocycles. The molecular weight excluding hydrogens is 266 g/mol. The molecule has 1 aromatic carbocycles. The third-order valence-corrected chi connectivity index (χ3v) is 3.76. The van der Waals surface area contributed by atoms with Gasteiger partial charge in [0.2, 0.25) is 5.91 Å². The Morgan fingerprint density at radius 2 is 2.14 bits per heavy atom. The second kappa shape index (κ2) is 8.67. The van der Waals surface area contributed by atoms with E-state index in [-0.39, 0.29) is 5.91 Å². The van der Waals surface area contributed by atoms with Gasteiger partial charge < -0.3 is 14.4 Å². The van der Waals surface area contributed by atoms with Crippen LogP contribution in [-0.2, 0) is 9.53 Å². The number of para-hydroxylation sites is 1. The zero-order chi connectivity index (χ0) is 14.9. The van der Waals surface area contributed by atoms with Crippen molar-refractivity contribution in [3.05, 3.63) is 30.3 Å². The molecule has 21 heavy (non-hydrogen) atoms. The maximum Gasteiger partial charge on any atom is 0.226 e. The van der Waals surface area contributed by atoms with E-state index < -0.39 is 0 Å². The fourth-order valence-electron chi connectivity index (χ4n) is 2.64. The average molecular weight is 291 g/mol. The van der Waals surface area contributed by atoms with Gasteiger partial charge in [0, 0.05) is 19.7 Å². The minimum Gasteiger partial charge on any atom is -0.493 e. The molecule has 0 radical (unpaired) electrons. The molecule has 0 spiro atoms. The highest BCUT2D eigenvalue weighted by molar-refractivity contribution is 5.76. The first kappa shape index (κ1) is 15.8. The molecule has 0 aromatic heterocycles. The minimum absolute atomic E-state index is 0.187. The van der Waals surface area contributed by atoms with Gasteiger partial charge in [-0.25, -0.2) is 0 Å². The molecule has 1 atom stereocenters. The maximum atomic E-state index is 12.2. The van der Waals surface area contributed by atoms with Crippen LogP contribution in [0.25, 0.3) is 0 Å². The van der Waals surface area contributed by atoms with Crippen molar-refractivity contribution in [3.63, 3.8) is 0 Å². The molecule has 1 aliphatic rings. The van der Waals surface area contributed by atoms with E-state index in [1.165, 1.54) is 0 Å². The van der Waals surface area contributed by atoms with Crippen LogP contribution >= 0.6 is 0 Å². The van der Waals surface area contributed by atoms with Crippen LogP contribution < -0.4 is 4.74 Å². The van der Waals surface area contributed by atoms with Crippen molar-refractivity contribution in [2.75, 3.05) is 32.9 Å². The standard InChI is InChI=1S/C17H25NO3/c1-2-20-14-15-7-6-11-18(13-15)17(19)10-12-21-16-8-4-3-5-9-16/h3-5,8-9,15H,2,6-7,10-14H2,1H3. The van der Waals surface area contributed by atoms with Gasteiger partial charge in [-0.15, -0.1) is 0 Å². The molecule has 1 unspecified atom stereocenters. The molecule has 1 aromatic rings. The summed E-state index contributed by atoms with van der Waals surface area (Å²) in [6.07, 6.45) is 2.67. The SMILES string of the molecule is CCOCC1CCCN(C(=O)CCOc2ccccc2)C1. The number of likely N-dealkylation sites (tertiary alicyclic amines) is 1. The van der Waals surface area contributed by atoms with Gasteiger partial charge in [0.15, 0.2) is 0 Å². The zero-order valence-corrected chi connectivity index (χ0v) is 12.8. The van der Waals surface area contributed by atoms with E-state index in [2.05, 4.69) is 0 Å². The van der Waals surface area contributed by atoms with Gasteiger partial charge in [-0.3, -0.25) is 4.79 Å². The topological polar surface area (TPSA) is 38.8 Å². The normalized spacial score (nSPS) is 18.5. The Labute approximate surface area is 127 Å². The highest BCUT2D eigenvalue weighted by Crippen LogP contribution is 2.17. The lowest BCUT2D eigenvalue weighted by Gasteiger charge is -2.32. The molecule has 0 bridgehead atoms.